The molecular formula is C19H17ClN4O4S. The normalized spacial score (nSPS) is 15.6. The molecule has 1 saturated heterocycles. The van der Waals surface area contributed by atoms with E-state index in [-0.39, 0.29) is 28.7 Å². The number of fused-ring (bicyclic) bond motifs is 1. The molecule has 1 fully saturated rings. The Kier molecular flexibility index (Phi) is 5.12. The molecule has 3 aromatic rings. The van der Waals surface area contributed by atoms with Crippen molar-refractivity contribution in [1.29, 1.82) is 0 Å². The third kappa shape index (κ3) is 3.52. The first-order valence-electron chi connectivity index (χ1n) is 8.90. The Morgan fingerprint density at radius 3 is 2.41 bits per heavy atom. The van der Waals surface area contributed by atoms with Crippen LogP contribution >= 0.6 is 11.6 Å². The van der Waals surface area contributed by atoms with Crippen molar-refractivity contribution in [1.82, 2.24) is 9.29 Å². The number of aromatic nitrogens is 1. The fourth-order valence-electron chi connectivity index (χ4n) is 3.56. The molecule has 1 aliphatic heterocycles. The molecule has 10 heteroatoms. The van der Waals surface area contributed by atoms with Gasteiger partial charge in [0, 0.05) is 55.7 Å². The Labute approximate surface area is 172 Å². The predicted molar refractivity (Wildman–Crippen MR) is 111 cm³/mol. The highest BCUT2D eigenvalue weighted by atomic mass is 35.5. The first-order chi connectivity index (χ1) is 13.9. The quantitative estimate of drug-likeness (QED) is 0.463. The van der Waals surface area contributed by atoms with Crippen molar-refractivity contribution in [3.8, 4) is 0 Å². The Bertz CT molecular complexity index is 1190. The molecule has 29 heavy (non-hydrogen) atoms. The van der Waals surface area contributed by atoms with Crippen LogP contribution in [0.3, 0.4) is 0 Å². The van der Waals surface area contributed by atoms with Gasteiger partial charge >= 0.3 is 0 Å². The van der Waals surface area contributed by atoms with E-state index in [1.165, 1.54) is 22.6 Å². The first kappa shape index (κ1) is 19.6. The Morgan fingerprint density at radius 1 is 1.00 bits per heavy atom. The molecule has 0 amide bonds. The van der Waals surface area contributed by atoms with Gasteiger partial charge in [0.25, 0.3) is 5.69 Å². The minimum Gasteiger partial charge on any atom is -0.368 e. The van der Waals surface area contributed by atoms with E-state index in [2.05, 4.69) is 4.98 Å². The molecule has 150 valence electrons. The molecule has 1 aromatic heterocycles. The van der Waals surface area contributed by atoms with Crippen LogP contribution in [0.5, 0.6) is 0 Å². The first-order valence-corrected chi connectivity index (χ1v) is 10.7. The van der Waals surface area contributed by atoms with Gasteiger partial charge in [0.15, 0.2) is 0 Å². The van der Waals surface area contributed by atoms with Gasteiger partial charge in [0.2, 0.25) is 10.0 Å². The van der Waals surface area contributed by atoms with Crippen LogP contribution in [-0.2, 0) is 10.0 Å². The molecule has 4 rings (SSSR count). The zero-order chi connectivity index (χ0) is 20.6. The smallest absolute Gasteiger partial charge is 0.278 e. The number of anilines is 1. The molecule has 0 spiro atoms. The molecule has 2 heterocycles. The van der Waals surface area contributed by atoms with Gasteiger partial charge in [-0.25, -0.2) is 8.42 Å². The van der Waals surface area contributed by atoms with Gasteiger partial charge in [-0.05, 0) is 24.3 Å². The molecule has 0 atom stereocenters. The summed E-state index contributed by atoms with van der Waals surface area (Å²) in [6.45, 7) is 1.49. The number of pyridine rings is 1. The largest absolute Gasteiger partial charge is 0.368 e. The predicted octanol–water partition coefficient (Wildman–Crippen LogP) is 3.31. The summed E-state index contributed by atoms with van der Waals surface area (Å²) in [6, 6.07) is 11.3. The summed E-state index contributed by atoms with van der Waals surface area (Å²) < 4.78 is 27.3. The van der Waals surface area contributed by atoms with E-state index in [0.29, 0.717) is 18.5 Å². The van der Waals surface area contributed by atoms with Gasteiger partial charge < -0.3 is 4.90 Å². The second-order valence-electron chi connectivity index (χ2n) is 6.60. The number of rotatable bonds is 4. The minimum atomic E-state index is -3.68. The molecule has 8 nitrogen and oxygen atoms in total. The van der Waals surface area contributed by atoms with E-state index in [0.717, 1.165) is 11.1 Å². The molecule has 2 aromatic carbocycles. The van der Waals surface area contributed by atoms with Crippen molar-refractivity contribution in [2.24, 2.45) is 0 Å². The van der Waals surface area contributed by atoms with Gasteiger partial charge in [0.1, 0.15) is 4.90 Å². The number of halogens is 1. The third-order valence-corrected chi connectivity index (χ3v) is 7.40. The molecule has 0 N–H and O–H groups in total. The highest BCUT2D eigenvalue weighted by Crippen LogP contribution is 2.34. The van der Waals surface area contributed by atoms with Crippen LogP contribution in [0.15, 0.2) is 59.8 Å². The van der Waals surface area contributed by atoms with Crippen LogP contribution < -0.4 is 4.90 Å². The number of hydrogen-bond acceptors (Lipinski definition) is 6. The monoisotopic (exact) mass is 432 g/mol. The number of nitro benzene ring substituents is 1. The van der Waals surface area contributed by atoms with Crippen LogP contribution in [0.1, 0.15) is 0 Å². The maximum absolute atomic E-state index is 12.9. The maximum atomic E-state index is 12.9. The van der Waals surface area contributed by atoms with Crippen LogP contribution in [0.4, 0.5) is 11.4 Å². The number of benzene rings is 2. The molecule has 0 bridgehead atoms. The van der Waals surface area contributed by atoms with Crippen molar-refractivity contribution in [3.05, 3.63) is 70.0 Å². The highest BCUT2D eigenvalue weighted by molar-refractivity contribution is 7.89. The van der Waals surface area contributed by atoms with Gasteiger partial charge in [-0.3, -0.25) is 15.1 Å². The Hall–Kier alpha value is -2.75. The third-order valence-electron chi connectivity index (χ3n) is 5.00. The topological polar surface area (TPSA) is 96.6 Å². The van der Waals surface area contributed by atoms with Crippen molar-refractivity contribution in [3.63, 3.8) is 0 Å². The summed E-state index contributed by atoms with van der Waals surface area (Å²) in [5, 5.41) is 12.7. The van der Waals surface area contributed by atoms with Gasteiger partial charge in [0.05, 0.1) is 15.3 Å². The fourth-order valence-corrected chi connectivity index (χ4v) is 5.47. The molecule has 0 radical (unpaired) electrons. The minimum absolute atomic E-state index is 0.00298. The number of hydrogen-bond donors (Lipinski definition) is 0. The maximum Gasteiger partial charge on any atom is 0.278 e. The van der Waals surface area contributed by atoms with Crippen molar-refractivity contribution >= 4 is 43.8 Å². The lowest BCUT2D eigenvalue weighted by atomic mass is 10.1. The average molecular weight is 433 g/mol. The van der Waals surface area contributed by atoms with Gasteiger partial charge in [-0.2, -0.15) is 4.31 Å². The average Bonchev–Trinajstić information content (AvgIpc) is 2.73. The Balaban J connectivity index is 1.60. The number of sulfonamides is 1. The van der Waals surface area contributed by atoms with Crippen LogP contribution in [0, 0.1) is 10.1 Å². The van der Waals surface area contributed by atoms with Crippen molar-refractivity contribution in [2.45, 2.75) is 4.90 Å². The fraction of sp³-hybridized carbons (Fsp3) is 0.211. The molecule has 0 aliphatic carbocycles. The number of nitro groups is 1. The summed E-state index contributed by atoms with van der Waals surface area (Å²) in [5.74, 6) is 0. The van der Waals surface area contributed by atoms with E-state index < -0.39 is 14.9 Å². The Morgan fingerprint density at radius 2 is 1.72 bits per heavy atom. The molecule has 0 unspecified atom stereocenters. The van der Waals surface area contributed by atoms with Crippen molar-refractivity contribution in [2.75, 3.05) is 31.1 Å². The summed E-state index contributed by atoms with van der Waals surface area (Å²) in [7, 11) is -3.68. The molecule has 1 aliphatic rings. The van der Waals surface area contributed by atoms with Crippen molar-refractivity contribution < 1.29 is 13.3 Å². The second-order valence-corrected chi connectivity index (χ2v) is 8.92. The summed E-state index contributed by atoms with van der Waals surface area (Å²) in [6.07, 6.45) is 3.07. The van der Waals surface area contributed by atoms with Gasteiger partial charge in [-0.1, -0.05) is 23.7 Å². The van der Waals surface area contributed by atoms with E-state index in [9.17, 15) is 18.5 Å². The lowest BCUT2D eigenvalue weighted by Crippen LogP contribution is -2.48. The molecule has 0 saturated carbocycles. The van der Waals surface area contributed by atoms with Crippen LogP contribution in [0.2, 0.25) is 5.02 Å². The number of non-ortho nitro benzene ring substituents is 1. The molecular weight excluding hydrogens is 416 g/mol. The zero-order valence-corrected chi connectivity index (χ0v) is 16.8. The SMILES string of the molecule is O=[N+]([O-])c1ccc(N2CCN(S(=O)(=O)c3ccccc3Cl)CC2)c2ccncc12. The second kappa shape index (κ2) is 7.58. The standard InChI is InChI=1S/C19H17ClN4O4S/c20-16-3-1-2-4-19(16)29(27,28)23-11-9-22(10-12-23)17-5-6-18(24(25)26)15-13-21-8-7-14(15)17/h1-8,13H,9-12H2. The van der Waals surface area contributed by atoms with Gasteiger partial charge in [-0.15, -0.1) is 0 Å². The van der Waals surface area contributed by atoms with Crippen LogP contribution in [0.25, 0.3) is 10.8 Å². The van der Waals surface area contributed by atoms with E-state index in [4.69, 9.17) is 11.6 Å². The summed E-state index contributed by atoms with van der Waals surface area (Å²) in [4.78, 5) is 17.0. The van der Waals surface area contributed by atoms with E-state index >= 15 is 0 Å². The number of nitrogens with zero attached hydrogens (tertiary/aromatic N) is 4. The summed E-state index contributed by atoms with van der Waals surface area (Å²) in [5.41, 5.74) is 0.819. The number of piperazine rings is 1. The zero-order valence-electron chi connectivity index (χ0n) is 15.2. The van der Waals surface area contributed by atoms with Crippen LogP contribution in [-0.4, -0.2) is 48.8 Å². The highest BCUT2D eigenvalue weighted by Gasteiger charge is 2.30. The lowest BCUT2D eigenvalue weighted by molar-refractivity contribution is -0.383. The summed E-state index contributed by atoms with van der Waals surface area (Å²) >= 11 is 6.08. The lowest BCUT2D eigenvalue weighted by Gasteiger charge is -2.36. The van der Waals surface area contributed by atoms with E-state index in [1.807, 2.05) is 4.90 Å². The van der Waals surface area contributed by atoms with E-state index in [1.54, 1.807) is 36.5 Å².